The Labute approximate surface area is 140 Å². The SMILES string of the molecule is Cc1ccccc1COc1nn(Cc2ccccc2)c(N)c1C#N. The van der Waals surface area contributed by atoms with Crippen molar-refractivity contribution in [3.8, 4) is 11.9 Å². The summed E-state index contributed by atoms with van der Waals surface area (Å²) in [5.41, 5.74) is 9.58. The first-order valence-corrected chi connectivity index (χ1v) is 7.66. The molecule has 3 rings (SSSR count). The molecule has 5 nitrogen and oxygen atoms in total. The smallest absolute Gasteiger partial charge is 0.253 e. The van der Waals surface area contributed by atoms with Crippen molar-refractivity contribution in [3.05, 3.63) is 76.9 Å². The summed E-state index contributed by atoms with van der Waals surface area (Å²) in [6.45, 7) is 2.87. The predicted molar refractivity (Wildman–Crippen MR) is 92.4 cm³/mol. The largest absolute Gasteiger partial charge is 0.471 e. The number of nitrogen functional groups attached to an aromatic ring is 1. The third kappa shape index (κ3) is 3.23. The average Bonchev–Trinajstić information content (AvgIpc) is 2.90. The van der Waals surface area contributed by atoms with Crippen molar-refractivity contribution < 1.29 is 4.74 Å². The van der Waals surface area contributed by atoms with E-state index in [2.05, 4.69) is 11.2 Å². The molecule has 0 aliphatic heterocycles. The number of benzene rings is 2. The van der Waals surface area contributed by atoms with E-state index in [1.54, 1.807) is 4.68 Å². The van der Waals surface area contributed by atoms with Gasteiger partial charge in [-0.1, -0.05) is 54.6 Å². The van der Waals surface area contributed by atoms with Crippen molar-refractivity contribution in [2.45, 2.75) is 20.1 Å². The second-order valence-electron chi connectivity index (χ2n) is 5.54. The lowest BCUT2D eigenvalue weighted by Gasteiger charge is -2.06. The van der Waals surface area contributed by atoms with Gasteiger partial charge in [-0.05, 0) is 23.6 Å². The second-order valence-corrected chi connectivity index (χ2v) is 5.54. The van der Waals surface area contributed by atoms with Crippen LogP contribution in [0.1, 0.15) is 22.3 Å². The van der Waals surface area contributed by atoms with Crippen molar-refractivity contribution in [3.63, 3.8) is 0 Å². The highest BCUT2D eigenvalue weighted by molar-refractivity contribution is 5.55. The third-order valence-electron chi connectivity index (χ3n) is 3.87. The topological polar surface area (TPSA) is 76.9 Å². The molecule has 0 spiro atoms. The van der Waals surface area contributed by atoms with Gasteiger partial charge < -0.3 is 10.5 Å². The van der Waals surface area contributed by atoms with Crippen molar-refractivity contribution in [1.29, 1.82) is 5.26 Å². The van der Waals surface area contributed by atoms with Gasteiger partial charge in [-0.25, -0.2) is 4.68 Å². The Kier molecular flexibility index (Phi) is 4.48. The molecule has 0 radical (unpaired) electrons. The monoisotopic (exact) mass is 318 g/mol. The first-order valence-electron chi connectivity index (χ1n) is 7.66. The maximum Gasteiger partial charge on any atom is 0.253 e. The summed E-state index contributed by atoms with van der Waals surface area (Å²) < 4.78 is 7.36. The molecule has 0 atom stereocenters. The number of anilines is 1. The third-order valence-corrected chi connectivity index (χ3v) is 3.87. The lowest BCUT2D eigenvalue weighted by atomic mass is 10.1. The fourth-order valence-electron chi connectivity index (χ4n) is 2.45. The number of rotatable bonds is 5. The molecule has 3 aromatic rings. The second kappa shape index (κ2) is 6.88. The molecule has 24 heavy (non-hydrogen) atoms. The van der Waals surface area contributed by atoms with E-state index < -0.39 is 0 Å². The molecule has 0 saturated carbocycles. The van der Waals surface area contributed by atoms with Crippen LogP contribution in [0.15, 0.2) is 54.6 Å². The molecule has 0 fully saturated rings. The Morgan fingerprint density at radius 3 is 2.54 bits per heavy atom. The normalized spacial score (nSPS) is 10.3. The highest BCUT2D eigenvalue weighted by Crippen LogP contribution is 2.25. The fraction of sp³-hybridized carbons (Fsp3) is 0.158. The Bertz CT molecular complexity index is 878. The minimum atomic E-state index is 0.272. The van der Waals surface area contributed by atoms with Crippen LogP contribution in [-0.4, -0.2) is 9.78 Å². The Balaban J connectivity index is 1.82. The van der Waals surface area contributed by atoms with Gasteiger partial charge in [0.2, 0.25) is 0 Å². The summed E-state index contributed by atoms with van der Waals surface area (Å²) in [6, 6.07) is 19.9. The first-order chi connectivity index (χ1) is 11.7. The van der Waals surface area contributed by atoms with Gasteiger partial charge in [0.25, 0.3) is 5.88 Å². The van der Waals surface area contributed by atoms with E-state index in [0.717, 1.165) is 16.7 Å². The summed E-state index contributed by atoms with van der Waals surface area (Å²) in [5, 5.41) is 13.7. The molecular weight excluding hydrogens is 300 g/mol. The van der Waals surface area contributed by atoms with Gasteiger partial charge in [-0.2, -0.15) is 5.26 Å². The standard InChI is InChI=1S/C19H18N4O/c1-14-7-5-6-10-16(14)13-24-19-17(11-20)18(21)23(22-19)12-15-8-3-2-4-9-15/h2-10H,12-13,21H2,1H3. The van der Waals surface area contributed by atoms with E-state index in [4.69, 9.17) is 10.5 Å². The lowest BCUT2D eigenvalue weighted by Crippen LogP contribution is -2.06. The molecule has 0 saturated heterocycles. The molecule has 0 aliphatic carbocycles. The average molecular weight is 318 g/mol. The molecule has 5 heteroatoms. The number of aryl methyl sites for hydroxylation is 1. The van der Waals surface area contributed by atoms with E-state index in [9.17, 15) is 5.26 Å². The zero-order valence-electron chi connectivity index (χ0n) is 13.4. The zero-order valence-corrected chi connectivity index (χ0v) is 13.4. The number of ether oxygens (including phenoxy) is 1. The number of hydrogen-bond donors (Lipinski definition) is 1. The summed E-state index contributed by atoms with van der Waals surface area (Å²) >= 11 is 0. The Morgan fingerprint density at radius 1 is 1.12 bits per heavy atom. The lowest BCUT2D eigenvalue weighted by molar-refractivity contribution is 0.288. The minimum absolute atomic E-state index is 0.272. The first kappa shape index (κ1) is 15.6. The Hall–Kier alpha value is -3.26. The maximum absolute atomic E-state index is 9.37. The molecule has 120 valence electrons. The maximum atomic E-state index is 9.37. The molecule has 2 N–H and O–H groups in total. The summed E-state index contributed by atoms with van der Waals surface area (Å²) in [7, 11) is 0. The van der Waals surface area contributed by atoms with Gasteiger partial charge >= 0.3 is 0 Å². The Morgan fingerprint density at radius 2 is 1.83 bits per heavy atom. The molecule has 1 aromatic heterocycles. The molecule has 0 bridgehead atoms. The highest BCUT2D eigenvalue weighted by atomic mass is 16.5. The van der Waals surface area contributed by atoms with Gasteiger partial charge in [0.15, 0.2) is 5.56 Å². The van der Waals surface area contributed by atoms with Crippen LogP contribution in [0, 0.1) is 18.3 Å². The van der Waals surface area contributed by atoms with Crippen LogP contribution in [0.3, 0.4) is 0 Å². The van der Waals surface area contributed by atoms with Crippen molar-refractivity contribution in [2.24, 2.45) is 0 Å². The van der Waals surface area contributed by atoms with E-state index in [0.29, 0.717) is 19.0 Å². The zero-order chi connectivity index (χ0) is 16.9. The van der Waals surface area contributed by atoms with Crippen LogP contribution < -0.4 is 10.5 Å². The van der Waals surface area contributed by atoms with Gasteiger partial charge in [0.05, 0.1) is 6.54 Å². The predicted octanol–water partition coefficient (Wildman–Crippen LogP) is 3.27. The van der Waals surface area contributed by atoms with Crippen molar-refractivity contribution >= 4 is 5.82 Å². The molecule has 0 unspecified atom stereocenters. The van der Waals surface area contributed by atoms with Crippen LogP contribution in [0.25, 0.3) is 0 Å². The van der Waals surface area contributed by atoms with E-state index in [-0.39, 0.29) is 11.4 Å². The van der Waals surface area contributed by atoms with Crippen LogP contribution in [0.5, 0.6) is 5.88 Å². The van der Waals surface area contributed by atoms with E-state index in [1.807, 2.05) is 61.5 Å². The van der Waals surface area contributed by atoms with Crippen LogP contribution >= 0.6 is 0 Å². The molecule has 2 aromatic carbocycles. The van der Waals surface area contributed by atoms with Gasteiger partial charge in [0.1, 0.15) is 18.5 Å². The summed E-state index contributed by atoms with van der Waals surface area (Å²) in [6.07, 6.45) is 0. The summed E-state index contributed by atoms with van der Waals surface area (Å²) in [5.74, 6) is 0.593. The van der Waals surface area contributed by atoms with E-state index in [1.165, 1.54) is 0 Å². The number of nitrogens with zero attached hydrogens (tertiary/aromatic N) is 3. The number of nitriles is 1. The number of nitrogens with two attached hydrogens (primary N) is 1. The van der Waals surface area contributed by atoms with Crippen molar-refractivity contribution in [1.82, 2.24) is 9.78 Å². The fourth-order valence-corrected chi connectivity index (χ4v) is 2.45. The van der Waals surface area contributed by atoms with Gasteiger partial charge in [0, 0.05) is 0 Å². The molecule has 1 heterocycles. The molecular formula is C19H18N4O. The van der Waals surface area contributed by atoms with Gasteiger partial charge in [-0.15, -0.1) is 5.10 Å². The van der Waals surface area contributed by atoms with Gasteiger partial charge in [-0.3, -0.25) is 0 Å². The van der Waals surface area contributed by atoms with E-state index >= 15 is 0 Å². The quantitative estimate of drug-likeness (QED) is 0.783. The van der Waals surface area contributed by atoms with Crippen LogP contribution in [0.4, 0.5) is 5.82 Å². The van der Waals surface area contributed by atoms with Crippen LogP contribution in [-0.2, 0) is 13.2 Å². The number of hydrogen-bond acceptors (Lipinski definition) is 4. The molecule has 0 aliphatic rings. The highest BCUT2D eigenvalue weighted by Gasteiger charge is 2.17. The van der Waals surface area contributed by atoms with Crippen molar-refractivity contribution in [2.75, 3.05) is 5.73 Å². The molecule has 0 amide bonds. The van der Waals surface area contributed by atoms with Crippen LogP contribution in [0.2, 0.25) is 0 Å². The number of aromatic nitrogens is 2. The summed E-state index contributed by atoms with van der Waals surface area (Å²) in [4.78, 5) is 0. The minimum Gasteiger partial charge on any atom is -0.471 e.